The summed E-state index contributed by atoms with van der Waals surface area (Å²) in [5.74, 6) is -2.63. The number of nitrogens with zero attached hydrogens (tertiary/aromatic N) is 2. The summed E-state index contributed by atoms with van der Waals surface area (Å²) in [5.41, 5.74) is -3.30. The Bertz CT molecular complexity index is 1520. The Hall–Kier alpha value is -4.21. The van der Waals surface area contributed by atoms with Crippen LogP contribution in [0.1, 0.15) is 67.2 Å². The molecule has 1 saturated heterocycles. The van der Waals surface area contributed by atoms with Crippen molar-refractivity contribution in [2.24, 2.45) is 11.3 Å². The zero-order chi connectivity index (χ0) is 34.9. The quantitative estimate of drug-likeness (QED) is 0.266. The van der Waals surface area contributed by atoms with Crippen molar-refractivity contribution in [1.82, 2.24) is 25.2 Å². The molecule has 3 fully saturated rings. The Morgan fingerprint density at radius 3 is 2.30 bits per heavy atom. The van der Waals surface area contributed by atoms with Crippen molar-refractivity contribution in [1.29, 1.82) is 0 Å². The average molecular weight is 677 g/mol. The number of pyridine rings is 1. The number of hydrogen-bond acceptors (Lipinski definition) is 10. The molecule has 0 spiro atoms. The zero-order valence-corrected chi connectivity index (χ0v) is 28.3. The van der Waals surface area contributed by atoms with E-state index in [4.69, 9.17) is 9.47 Å². The number of rotatable bonds is 10. The van der Waals surface area contributed by atoms with Gasteiger partial charge in [-0.3, -0.25) is 24.4 Å². The van der Waals surface area contributed by atoms with Crippen LogP contribution in [-0.4, -0.2) is 89.3 Å². The van der Waals surface area contributed by atoms with Crippen molar-refractivity contribution in [3.05, 3.63) is 37.1 Å². The van der Waals surface area contributed by atoms with Crippen molar-refractivity contribution >= 4 is 45.7 Å². The maximum atomic E-state index is 14.2. The van der Waals surface area contributed by atoms with Crippen LogP contribution in [0.5, 0.6) is 0 Å². The number of likely N-dealkylation sites (tertiary alicyclic amines) is 1. The summed E-state index contributed by atoms with van der Waals surface area (Å²) in [6.45, 7) is 13.7. The molecule has 2 heterocycles. The largest absolute Gasteiger partial charge is 0.444 e. The molecular formula is C31H44N6O9S. The van der Waals surface area contributed by atoms with E-state index in [1.165, 1.54) is 17.2 Å². The summed E-state index contributed by atoms with van der Waals surface area (Å²) in [5, 5.41) is 7.13. The highest BCUT2D eigenvalue weighted by molar-refractivity contribution is 7.91. The smallest absolute Gasteiger partial charge is 0.413 e. The van der Waals surface area contributed by atoms with Crippen molar-refractivity contribution in [2.45, 2.75) is 102 Å². The normalized spacial score (nSPS) is 24.7. The number of carbonyl (C=O) groups excluding carboxylic acids is 5. The SMILES string of the molecule is C=CC1CC1(NC(=O)[C@@H]1C[C@@H](OC(=O)Nc2ccccn2)CN1C(=O)[C@@H](NC(=O)OC(C)(C)C)C(C)(C)C)C(=O)NS(=O)(=O)C1CC1. The minimum absolute atomic E-state index is 0.103. The Labute approximate surface area is 274 Å². The molecule has 4 rings (SSSR count). The van der Waals surface area contributed by atoms with E-state index >= 15 is 0 Å². The minimum Gasteiger partial charge on any atom is -0.444 e. The number of sulfonamides is 1. The standard InChI is InChI=1S/C31H44N6O9S/c1-8-18-16-31(18,26(40)36-47(43,44)20-12-13-20)35-24(38)21-15-19(45-27(41)33-22-11-9-10-14-32-22)17-37(21)25(39)23(29(2,3)4)34-28(42)46-30(5,6)7/h8-11,14,18-21,23H,1,12-13,15-17H2,2-7H3,(H,34,42)(H,35,38)(H,36,40)(H,32,33,41)/t18?,19-,21+,23-,31?/m1/s1. The van der Waals surface area contributed by atoms with Crippen LogP contribution in [0, 0.1) is 11.3 Å². The molecule has 0 radical (unpaired) electrons. The van der Waals surface area contributed by atoms with Gasteiger partial charge in [-0.25, -0.2) is 23.0 Å². The van der Waals surface area contributed by atoms with E-state index in [1.807, 2.05) is 0 Å². The minimum atomic E-state index is -3.91. The van der Waals surface area contributed by atoms with E-state index in [1.54, 1.807) is 59.7 Å². The third-order valence-corrected chi connectivity index (χ3v) is 9.86. The van der Waals surface area contributed by atoms with Crippen LogP contribution in [0.3, 0.4) is 0 Å². The van der Waals surface area contributed by atoms with Crippen molar-refractivity contribution in [3.8, 4) is 0 Å². The number of alkyl carbamates (subject to hydrolysis) is 1. The molecular weight excluding hydrogens is 632 g/mol. The van der Waals surface area contributed by atoms with E-state index in [9.17, 15) is 32.4 Å². The Kier molecular flexibility index (Phi) is 9.95. The van der Waals surface area contributed by atoms with Crippen LogP contribution in [0.25, 0.3) is 0 Å². The molecule has 3 aliphatic rings. The second-order valence-corrected chi connectivity index (χ2v) is 16.2. The monoisotopic (exact) mass is 676 g/mol. The lowest BCUT2D eigenvalue weighted by atomic mass is 9.85. The molecule has 47 heavy (non-hydrogen) atoms. The van der Waals surface area contributed by atoms with Gasteiger partial charge < -0.3 is 25.0 Å². The fourth-order valence-corrected chi connectivity index (χ4v) is 6.72. The Morgan fingerprint density at radius 2 is 1.77 bits per heavy atom. The first-order valence-corrected chi connectivity index (χ1v) is 17.0. The summed E-state index contributed by atoms with van der Waals surface area (Å²) >= 11 is 0. The summed E-state index contributed by atoms with van der Waals surface area (Å²) in [4.78, 5) is 72.1. The summed E-state index contributed by atoms with van der Waals surface area (Å²) in [7, 11) is -3.91. The molecule has 1 aromatic heterocycles. The van der Waals surface area contributed by atoms with Crippen LogP contribution >= 0.6 is 0 Å². The average Bonchev–Trinajstić information content (AvgIpc) is 3.87. The number of anilines is 1. The third-order valence-electron chi connectivity index (χ3n) is 8.04. The molecule has 1 aliphatic heterocycles. The molecule has 5 amide bonds. The lowest BCUT2D eigenvalue weighted by Gasteiger charge is -2.36. The van der Waals surface area contributed by atoms with Crippen LogP contribution in [0.4, 0.5) is 15.4 Å². The molecule has 4 N–H and O–H groups in total. The van der Waals surface area contributed by atoms with E-state index in [-0.39, 0.29) is 25.2 Å². The second kappa shape index (κ2) is 13.1. The maximum Gasteiger partial charge on any atom is 0.413 e. The molecule has 5 atom stereocenters. The first-order chi connectivity index (χ1) is 21.8. The van der Waals surface area contributed by atoms with Gasteiger partial charge in [0.2, 0.25) is 21.8 Å². The lowest BCUT2D eigenvalue weighted by molar-refractivity contribution is -0.143. The number of ether oxygens (including phenoxy) is 2. The van der Waals surface area contributed by atoms with Gasteiger partial charge in [-0.1, -0.05) is 32.9 Å². The number of nitrogens with one attached hydrogen (secondary N) is 4. The lowest BCUT2D eigenvalue weighted by Crippen LogP contribution is -2.60. The predicted molar refractivity (Wildman–Crippen MR) is 170 cm³/mol. The van der Waals surface area contributed by atoms with Crippen molar-refractivity contribution in [2.75, 3.05) is 11.9 Å². The Morgan fingerprint density at radius 1 is 1.09 bits per heavy atom. The van der Waals surface area contributed by atoms with Crippen LogP contribution in [0.15, 0.2) is 37.1 Å². The summed E-state index contributed by atoms with van der Waals surface area (Å²) < 4.78 is 38.1. The van der Waals surface area contributed by atoms with Crippen molar-refractivity contribution in [3.63, 3.8) is 0 Å². The fraction of sp³-hybridized carbons (Fsp3) is 0.613. The third kappa shape index (κ3) is 8.78. The van der Waals surface area contributed by atoms with Gasteiger partial charge >= 0.3 is 12.2 Å². The topological polar surface area (TPSA) is 202 Å². The van der Waals surface area contributed by atoms with Gasteiger partial charge in [0.15, 0.2) is 0 Å². The number of hydrogen-bond donors (Lipinski definition) is 4. The Balaban J connectivity index is 1.58. The molecule has 258 valence electrons. The fourth-order valence-electron chi connectivity index (χ4n) is 5.36. The predicted octanol–water partition coefficient (Wildman–Crippen LogP) is 2.21. The molecule has 16 heteroatoms. The van der Waals surface area contributed by atoms with E-state index < -0.39 is 85.8 Å². The zero-order valence-electron chi connectivity index (χ0n) is 27.5. The first kappa shape index (κ1) is 35.6. The van der Waals surface area contributed by atoms with Gasteiger partial charge in [0, 0.05) is 18.5 Å². The van der Waals surface area contributed by atoms with E-state index in [0.717, 1.165) is 0 Å². The van der Waals surface area contributed by atoms with Gasteiger partial charge in [0.1, 0.15) is 35.1 Å². The summed E-state index contributed by atoms with van der Waals surface area (Å²) in [6.07, 6.45) is 1.10. The summed E-state index contributed by atoms with van der Waals surface area (Å²) in [6, 6.07) is 2.47. The maximum absolute atomic E-state index is 14.2. The highest BCUT2D eigenvalue weighted by Crippen LogP contribution is 2.45. The number of aromatic nitrogens is 1. The van der Waals surface area contributed by atoms with Gasteiger partial charge in [-0.15, -0.1) is 6.58 Å². The van der Waals surface area contributed by atoms with Crippen LogP contribution in [0.2, 0.25) is 0 Å². The van der Waals surface area contributed by atoms with Gasteiger partial charge in [0.25, 0.3) is 5.91 Å². The number of carbonyl (C=O) groups is 5. The molecule has 2 saturated carbocycles. The van der Waals surface area contributed by atoms with Crippen molar-refractivity contribution < 1.29 is 41.9 Å². The molecule has 0 bridgehead atoms. The molecule has 2 aliphatic carbocycles. The van der Waals surface area contributed by atoms with Crippen LogP contribution < -0.4 is 20.7 Å². The highest BCUT2D eigenvalue weighted by atomic mass is 32.2. The van der Waals surface area contributed by atoms with Gasteiger partial charge in [-0.05, 0) is 57.6 Å². The first-order valence-electron chi connectivity index (χ1n) is 15.4. The molecule has 0 aromatic carbocycles. The van der Waals surface area contributed by atoms with E-state index in [2.05, 4.69) is 32.2 Å². The van der Waals surface area contributed by atoms with Gasteiger partial charge in [0.05, 0.1) is 11.8 Å². The van der Waals surface area contributed by atoms with Crippen LogP contribution in [-0.2, 0) is 33.9 Å². The van der Waals surface area contributed by atoms with E-state index in [0.29, 0.717) is 12.8 Å². The molecule has 15 nitrogen and oxygen atoms in total. The number of amides is 5. The second-order valence-electron chi connectivity index (χ2n) is 14.2. The molecule has 2 unspecified atom stereocenters. The van der Waals surface area contributed by atoms with Gasteiger partial charge in [-0.2, -0.15) is 0 Å². The molecule has 1 aromatic rings. The highest BCUT2D eigenvalue weighted by Gasteiger charge is 2.62.